The zero-order valence-corrected chi connectivity index (χ0v) is 10.6. The molecule has 0 aliphatic carbocycles. The Morgan fingerprint density at radius 3 is 3.11 bits per heavy atom. The number of aromatic nitrogens is 1. The maximum atomic E-state index is 11.8. The van der Waals surface area contributed by atoms with Crippen LogP contribution in [0.1, 0.15) is 18.4 Å². The molecular weight excluding hydrogens is 246 g/mol. The highest BCUT2D eigenvalue weighted by atomic mass is 16.4. The Balaban J connectivity index is 1.91. The van der Waals surface area contributed by atoms with Crippen molar-refractivity contribution in [2.24, 2.45) is 0 Å². The molecule has 1 saturated heterocycles. The molecule has 2 N–H and O–H groups in total. The summed E-state index contributed by atoms with van der Waals surface area (Å²) in [6, 6.07) is 3.81. The number of amides is 1. The lowest BCUT2D eigenvalue weighted by atomic mass is 10.1. The van der Waals surface area contributed by atoms with Gasteiger partial charge in [0.2, 0.25) is 5.91 Å². The fraction of sp³-hybridized carbons (Fsp3) is 0.462. The molecule has 1 fully saturated rings. The highest BCUT2D eigenvalue weighted by Crippen LogP contribution is 2.10. The molecule has 2 heterocycles. The summed E-state index contributed by atoms with van der Waals surface area (Å²) in [5.74, 6) is -0.770. The van der Waals surface area contributed by atoms with Gasteiger partial charge in [0.05, 0.1) is 6.54 Å². The van der Waals surface area contributed by atoms with Crippen LogP contribution in [0.5, 0.6) is 0 Å². The van der Waals surface area contributed by atoms with Crippen molar-refractivity contribution < 1.29 is 14.7 Å². The highest BCUT2D eigenvalue weighted by molar-refractivity contribution is 5.79. The van der Waals surface area contributed by atoms with E-state index in [0.29, 0.717) is 19.5 Å². The minimum atomic E-state index is -0.808. The molecule has 1 atom stereocenters. The van der Waals surface area contributed by atoms with Crippen molar-refractivity contribution in [1.29, 1.82) is 0 Å². The number of pyridine rings is 1. The normalized spacial score (nSPS) is 19.5. The molecule has 1 aromatic rings. The zero-order chi connectivity index (χ0) is 13.7. The van der Waals surface area contributed by atoms with Crippen LogP contribution in [-0.4, -0.2) is 46.0 Å². The van der Waals surface area contributed by atoms with E-state index >= 15 is 0 Å². The van der Waals surface area contributed by atoms with E-state index in [1.54, 1.807) is 17.3 Å². The fourth-order valence-corrected chi connectivity index (χ4v) is 2.13. The molecule has 0 aromatic carbocycles. The van der Waals surface area contributed by atoms with E-state index in [-0.39, 0.29) is 24.9 Å². The van der Waals surface area contributed by atoms with Gasteiger partial charge in [-0.15, -0.1) is 0 Å². The summed E-state index contributed by atoms with van der Waals surface area (Å²) in [6.07, 6.45) is 4.08. The van der Waals surface area contributed by atoms with E-state index < -0.39 is 5.97 Å². The van der Waals surface area contributed by atoms with Gasteiger partial charge in [-0.25, -0.2) is 0 Å². The van der Waals surface area contributed by atoms with E-state index in [1.807, 2.05) is 12.1 Å². The molecule has 6 nitrogen and oxygen atoms in total. The van der Waals surface area contributed by atoms with E-state index in [1.165, 1.54) is 0 Å². The minimum Gasteiger partial charge on any atom is -0.481 e. The molecule has 0 saturated carbocycles. The van der Waals surface area contributed by atoms with Crippen molar-refractivity contribution in [1.82, 2.24) is 15.2 Å². The molecule has 0 bridgehead atoms. The first-order chi connectivity index (χ1) is 9.15. The van der Waals surface area contributed by atoms with Gasteiger partial charge < -0.3 is 15.3 Å². The Kier molecular flexibility index (Phi) is 4.46. The Morgan fingerprint density at radius 2 is 2.42 bits per heavy atom. The number of carboxylic acids is 1. The van der Waals surface area contributed by atoms with Gasteiger partial charge in [-0.1, -0.05) is 6.07 Å². The van der Waals surface area contributed by atoms with Crippen molar-refractivity contribution in [3.05, 3.63) is 30.1 Å². The van der Waals surface area contributed by atoms with Crippen LogP contribution < -0.4 is 5.32 Å². The van der Waals surface area contributed by atoms with Crippen LogP contribution in [0.2, 0.25) is 0 Å². The fourth-order valence-electron chi connectivity index (χ4n) is 2.13. The standard InChI is InChI=1S/C13H17N3O3/c17-12-7-15-11(3-4-13(18)19)9-16(12)8-10-2-1-5-14-6-10/h1-2,5-6,11,15H,3-4,7-9H2,(H,18,19). The van der Waals surface area contributed by atoms with Crippen LogP contribution in [0.3, 0.4) is 0 Å². The van der Waals surface area contributed by atoms with Gasteiger partial charge in [0.25, 0.3) is 0 Å². The Bertz CT molecular complexity index is 450. The molecule has 0 radical (unpaired) electrons. The van der Waals surface area contributed by atoms with Gasteiger partial charge in [0.1, 0.15) is 0 Å². The number of nitrogens with zero attached hydrogens (tertiary/aromatic N) is 2. The molecule has 6 heteroatoms. The topological polar surface area (TPSA) is 82.5 Å². The lowest BCUT2D eigenvalue weighted by molar-refractivity contribution is -0.137. The SMILES string of the molecule is O=C(O)CCC1CN(Cc2cccnc2)C(=O)CN1. The van der Waals surface area contributed by atoms with Gasteiger partial charge in [0, 0.05) is 37.9 Å². The van der Waals surface area contributed by atoms with E-state index in [0.717, 1.165) is 5.56 Å². The molecule has 1 aliphatic rings. The molecule has 1 amide bonds. The molecular formula is C13H17N3O3. The van der Waals surface area contributed by atoms with Crippen molar-refractivity contribution in [3.8, 4) is 0 Å². The summed E-state index contributed by atoms with van der Waals surface area (Å²) < 4.78 is 0. The monoisotopic (exact) mass is 263 g/mol. The van der Waals surface area contributed by atoms with Gasteiger partial charge in [-0.3, -0.25) is 14.6 Å². The van der Waals surface area contributed by atoms with Gasteiger partial charge in [-0.2, -0.15) is 0 Å². The van der Waals surface area contributed by atoms with Crippen molar-refractivity contribution in [2.45, 2.75) is 25.4 Å². The van der Waals surface area contributed by atoms with Gasteiger partial charge >= 0.3 is 5.97 Å². The maximum absolute atomic E-state index is 11.8. The Morgan fingerprint density at radius 1 is 1.58 bits per heavy atom. The summed E-state index contributed by atoms with van der Waals surface area (Å²) in [5.41, 5.74) is 0.981. The predicted octanol–water partition coefficient (Wildman–Crippen LogP) is 0.247. The lowest BCUT2D eigenvalue weighted by Crippen LogP contribution is -2.53. The quantitative estimate of drug-likeness (QED) is 0.795. The Hall–Kier alpha value is -1.95. The summed E-state index contributed by atoms with van der Waals surface area (Å²) >= 11 is 0. The first kappa shape index (κ1) is 13.5. The van der Waals surface area contributed by atoms with Crippen LogP contribution in [0.4, 0.5) is 0 Å². The van der Waals surface area contributed by atoms with Crippen LogP contribution in [0.15, 0.2) is 24.5 Å². The Labute approximate surface area is 111 Å². The molecule has 1 aliphatic heterocycles. The molecule has 1 unspecified atom stereocenters. The molecule has 0 spiro atoms. The summed E-state index contributed by atoms with van der Waals surface area (Å²) in [4.78, 5) is 28.1. The molecule has 102 valence electrons. The van der Waals surface area contributed by atoms with E-state index in [2.05, 4.69) is 10.3 Å². The van der Waals surface area contributed by atoms with E-state index in [9.17, 15) is 9.59 Å². The van der Waals surface area contributed by atoms with Crippen LogP contribution >= 0.6 is 0 Å². The van der Waals surface area contributed by atoms with Crippen LogP contribution in [-0.2, 0) is 16.1 Å². The van der Waals surface area contributed by atoms with Crippen LogP contribution in [0.25, 0.3) is 0 Å². The number of carbonyl (C=O) groups is 2. The number of hydrogen-bond donors (Lipinski definition) is 2. The van der Waals surface area contributed by atoms with Gasteiger partial charge in [-0.05, 0) is 18.1 Å². The summed E-state index contributed by atoms with van der Waals surface area (Å²) in [5, 5.41) is 11.8. The first-order valence-electron chi connectivity index (χ1n) is 6.27. The zero-order valence-electron chi connectivity index (χ0n) is 10.6. The number of hydrogen-bond acceptors (Lipinski definition) is 4. The predicted molar refractivity (Wildman–Crippen MR) is 68.3 cm³/mol. The van der Waals surface area contributed by atoms with Crippen molar-refractivity contribution in [2.75, 3.05) is 13.1 Å². The maximum Gasteiger partial charge on any atom is 0.303 e. The number of carboxylic acid groups (broad SMARTS) is 1. The average Bonchev–Trinajstić information content (AvgIpc) is 2.41. The minimum absolute atomic E-state index is 0.0374. The average molecular weight is 263 g/mol. The number of aliphatic carboxylic acids is 1. The number of carbonyl (C=O) groups excluding carboxylic acids is 1. The summed E-state index contributed by atoms with van der Waals surface area (Å²) in [6.45, 7) is 1.34. The first-order valence-corrected chi connectivity index (χ1v) is 6.27. The third-order valence-electron chi connectivity index (χ3n) is 3.14. The second-order valence-electron chi connectivity index (χ2n) is 4.65. The number of nitrogens with one attached hydrogen (secondary N) is 1. The third-order valence-corrected chi connectivity index (χ3v) is 3.14. The summed E-state index contributed by atoms with van der Waals surface area (Å²) in [7, 11) is 0. The second kappa shape index (κ2) is 6.29. The van der Waals surface area contributed by atoms with Gasteiger partial charge in [0.15, 0.2) is 0 Å². The molecule has 1 aromatic heterocycles. The smallest absolute Gasteiger partial charge is 0.303 e. The largest absolute Gasteiger partial charge is 0.481 e. The number of piperazine rings is 1. The number of rotatable bonds is 5. The molecule has 19 heavy (non-hydrogen) atoms. The highest BCUT2D eigenvalue weighted by Gasteiger charge is 2.25. The lowest BCUT2D eigenvalue weighted by Gasteiger charge is -2.33. The van der Waals surface area contributed by atoms with Crippen LogP contribution in [0, 0.1) is 0 Å². The second-order valence-corrected chi connectivity index (χ2v) is 4.65. The van der Waals surface area contributed by atoms with Crippen molar-refractivity contribution in [3.63, 3.8) is 0 Å². The van der Waals surface area contributed by atoms with E-state index in [4.69, 9.17) is 5.11 Å². The van der Waals surface area contributed by atoms with Crippen molar-refractivity contribution >= 4 is 11.9 Å². The molecule has 2 rings (SSSR count). The third kappa shape index (κ3) is 4.03.